The van der Waals surface area contributed by atoms with Crippen LogP contribution in [0.4, 0.5) is 0 Å². The van der Waals surface area contributed by atoms with Gasteiger partial charge in [-0.2, -0.15) is 5.26 Å². The maximum absolute atomic E-state index is 13.2. The second kappa shape index (κ2) is 8.84. The second-order valence-corrected chi connectivity index (χ2v) is 9.42. The average molecular weight is 465 g/mol. The molecule has 1 aliphatic heterocycles. The highest BCUT2D eigenvalue weighted by molar-refractivity contribution is 6.32. The Morgan fingerprint density at radius 3 is 2.64 bits per heavy atom. The molecule has 2 aromatic carbocycles. The third kappa shape index (κ3) is 4.42. The highest BCUT2D eigenvalue weighted by Crippen LogP contribution is 2.49. The van der Waals surface area contributed by atoms with Gasteiger partial charge in [0, 0.05) is 18.4 Å². The average Bonchev–Trinajstić information content (AvgIpc) is 2.76. The number of hydrogen-bond acceptors (Lipinski definition) is 6. The van der Waals surface area contributed by atoms with E-state index in [0.29, 0.717) is 52.9 Å². The summed E-state index contributed by atoms with van der Waals surface area (Å²) in [5, 5.41) is 10.2. The number of benzene rings is 2. The zero-order chi connectivity index (χ0) is 23.8. The number of Topliss-reactive ketones (excluding diaryl/α,β-unsaturated/α-hetero) is 1. The number of nitrogens with two attached hydrogens (primary N) is 1. The molecule has 0 saturated heterocycles. The van der Waals surface area contributed by atoms with E-state index in [4.69, 9.17) is 31.5 Å². The lowest BCUT2D eigenvalue weighted by molar-refractivity contribution is -0.119. The molecule has 0 bridgehead atoms. The lowest BCUT2D eigenvalue weighted by Gasteiger charge is -2.37. The van der Waals surface area contributed by atoms with Crippen molar-refractivity contribution in [2.45, 2.75) is 39.2 Å². The summed E-state index contributed by atoms with van der Waals surface area (Å²) >= 11 is 6.62. The number of ketones is 1. The normalized spacial score (nSPS) is 19.5. The second-order valence-electron chi connectivity index (χ2n) is 9.01. The third-order valence-electron chi connectivity index (χ3n) is 5.89. The maximum Gasteiger partial charge on any atom is 0.205 e. The van der Waals surface area contributed by atoms with E-state index < -0.39 is 5.92 Å². The van der Waals surface area contributed by atoms with E-state index in [0.717, 1.165) is 5.56 Å². The number of methoxy groups -OCH3 is 1. The predicted octanol–water partition coefficient (Wildman–Crippen LogP) is 5.38. The first kappa shape index (κ1) is 22.8. The van der Waals surface area contributed by atoms with Crippen LogP contribution in [0.15, 0.2) is 65.3 Å². The molecule has 1 aliphatic carbocycles. The molecule has 1 heterocycles. The summed E-state index contributed by atoms with van der Waals surface area (Å²) < 4.78 is 17.3. The molecule has 0 radical (unpaired) electrons. The van der Waals surface area contributed by atoms with Gasteiger partial charge in [-0.15, -0.1) is 0 Å². The minimum atomic E-state index is -0.683. The fourth-order valence-corrected chi connectivity index (χ4v) is 4.67. The molecule has 0 aromatic heterocycles. The maximum atomic E-state index is 13.2. The van der Waals surface area contributed by atoms with Gasteiger partial charge in [-0.05, 0) is 28.7 Å². The number of nitrogens with zero attached hydrogens (tertiary/aromatic N) is 1. The van der Waals surface area contributed by atoms with E-state index >= 15 is 0 Å². The molecule has 7 heteroatoms. The molecule has 2 aliphatic rings. The zero-order valence-electron chi connectivity index (χ0n) is 18.8. The van der Waals surface area contributed by atoms with Crippen molar-refractivity contribution >= 4 is 17.4 Å². The largest absolute Gasteiger partial charge is 0.493 e. The molecule has 170 valence electrons. The van der Waals surface area contributed by atoms with Crippen molar-refractivity contribution in [1.82, 2.24) is 0 Å². The van der Waals surface area contributed by atoms with Crippen molar-refractivity contribution in [1.29, 1.82) is 5.26 Å². The van der Waals surface area contributed by atoms with Gasteiger partial charge >= 0.3 is 0 Å². The number of nitriles is 1. The highest BCUT2D eigenvalue weighted by Gasteiger charge is 2.43. The fourth-order valence-electron chi connectivity index (χ4n) is 4.39. The van der Waals surface area contributed by atoms with E-state index in [2.05, 4.69) is 6.07 Å². The van der Waals surface area contributed by atoms with Crippen LogP contribution in [0.1, 0.15) is 43.7 Å². The van der Waals surface area contributed by atoms with Crippen LogP contribution in [0.25, 0.3) is 0 Å². The first-order valence-electron chi connectivity index (χ1n) is 10.6. The van der Waals surface area contributed by atoms with Crippen molar-refractivity contribution in [2.24, 2.45) is 11.1 Å². The van der Waals surface area contributed by atoms with Crippen molar-refractivity contribution in [3.05, 3.63) is 81.4 Å². The summed E-state index contributed by atoms with van der Waals surface area (Å²) in [5.74, 6) is 0.563. The first-order valence-corrected chi connectivity index (χ1v) is 11.0. The first-order chi connectivity index (χ1) is 15.7. The van der Waals surface area contributed by atoms with E-state index in [-0.39, 0.29) is 22.7 Å². The van der Waals surface area contributed by atoms with Gasteiger partial charge in [-0.1, -0.05) is 55.8 Å². The van der Waals surface area contributed by atoms with Gasteiger partial charge in [0.05, 0.1) is 18.1 Å². The molecule has 1 unspecified atom stereocenters. The Morgan fingerprint density at radius 2 is 1.97 bits per heavy atom. The third-order valence-corrected chi connectivity index (χ3v) is 6.17. The van der Waals surface area contributed by atoms with Gasteiger partial charge in [-0.25, -0.2) is 0 Å². The van der Waals surface area contributed by atoms with Crippen molar-refractivity contribution in [3.63, 3.8) is 0 Å². The minimum absolute atomic E-state index is 0.00578. The Hall–Kier alpha value is -3.43. The Morgan fingerprint density at radius 1 is 1.24 bits per heavy atom. The summed E-state index contributed by atoms with van der Waals surface area (Å²) in [4.78, 5) is 13.2. The Labute approximate surface area is 198 Å². The number of allylic oxidation sites excluding steroid dienone is 3. The van der Waals surface area contributed by atoms with Crippen molar-refractivity contribution in [2.75, 3.05) is 7.11 Å². The van der Waals surface area contributed by atoms with Crippen LogP contribution in [0.3, 0.4) is 0 Å². The summed E-state index contributed by atoms with van der Waals surface area (Å²) in [6.45, 7) is 4.32. The molecular formula is C26H25ClN2O4. The van der Waals surface area contributed by atoms with Crippen LogP contribution >= 0.6 is 11.6 Å². The van der Waals surface area contributed by atoms with Gasteiger partial charge in [0.25, 0.3) is 0 Å². The van der Waals surface area contributed by atoms with Crippen LogP contribution in [-0.2, 0) is 16.1 Å². The van der Waals surface area contributed by atoms with Gasteiger partial charge in [-0.3, -0.25) is 4.79 Å². The number of carbonyl (C=O) groups is 1. The Kier molecular flexibility index (Phi) is 6.09. The molecule has 2 aromatic rings. The lowest BCUT2D eigenvalue weighted by atomic mass is 9.70. The predicted molar refractivity (Wildman–Crippen MR) is 124 cm³/mol. The van der Waals surface area contributed by atoms with Gasteiger partial charge in [0.1, 0.15) is 24.0 Å². The van der Waals surface area contributed by atoms with Gasteiger partial charge in [0.2, 0.25) is 5.88 Å². The standard InChI is InChI=1S/C26H25ClN2O4/c1-26(2)11-19(30)23-21(12-26)33-25(29)17(13-28)22(23)16-9-18(27)24(20(10-16)31-3)32-14-15-7-5-4-6-8-15/h4-10,22H,11-12,14,29H2,1-3H3. The zero-order valence-corrected chi connectivity index (χ0v) is 19.5. The van der Waals surface area contributed by atoms with Crippen LogP contribution in [0.2, 0.25) is 5.02 Å². The topological polar surface area (TPSA) is 94.6 Å². The molecule has 0 fully saturated rings. The quantitative estimate of drug-likeness (QED) is 0.638. The van der Waals surface area contributed by atoms with Crippen LogP contribution in [-0.4, -0.2) is 12.9 Å². The van der Waals surface area contributed by atoms with Crippen LogP contribution in [0, 0.1) is 16.7 Å². The summed E-state index contributed by atoms with van der Waals surface area (Å²) in [5.41, 5.74) is 8.09. The summed E-state index contributed by atoms with van der Waals surface area (Å²) in [7, 11) is 1.52. The van der Waals surface area contributed by atoms with Crippen LogP contribution in [0.5, 0.6) is 11.5 Å². The number of halogens is 1. The molecule has 0 spiro atoms. The smallest absolute Gasteiger partial charge is 0.205 e. The monoisotopic (exact) mass is 464 g/mol. The molecule has 33 heavy (non-hydrogen) atoms. The molecule has 4 rings (SSSR count). The number of ether oxygens (including phenoxy) is 3. The summed E-state index contributed by atoms with van der Waals surface area (Å²) in [6, 6.07) is 15.3. The summed E-state index contributed by atoms with van der Waals surface area (Å²) in [6.07, 6.45) is 0.903. The van der Waals surface area contributed by atoms with E-state index in [9.17, 15) is 10.1 Å². The minimum Gasteiger partial charge on any atom is -0.493 e. The molecule has 1 atom stereocenters. The number of hydrogen-bond donors (Lipinski definition) is 1. The van der Waals surface area contributed by atoms with E-state index in [1.165, 1.54) is 7.11 Å². The van der Waals surface area contributed by atoms with Gasteiger partial charge < -0.3 is 19.9 Å². The number of rotatable bonds is 5. The fraction of sp³-hybridized carbons (Fsp3) is 0.308. The SMILES string of the molecule is COc1cc(C2C(C#N)=C(N)OC3=C2C(=O)CC(C)(C)C3)cc(Cl)c1OCc1ccccc1. The number of carbonyl (C=O) groups excluding carboxylic acids is 1. The van der Waals surface area contributed by atoms with E-state index in [1.807, 2.05) is 44.2 Å². The van der Waals surface area contributed by atoms with E-state index in [1.54, 1.807) is 12.1 Å². The molecule has 2 N–H and O–H groups in total. The molecule has 0 amide bonds. The molecule has 6 nitrogen and oxygen atoms in total. The van der Waals surface area contributed by atoms with Crippen molar-refractivity contribution < 1.29 is 19.0 Å². The lowest BCUT2D eigenvalue weighted by Crippen LogP contribution is -2.33. The Bertz CT molecular complexity index is 1210. The molecule has 0 saturated carbocycles. The Balaban J connectivity index is 1.77. The van der Waals surface area contributed by atoms with Gasteiger partial charge in [0.15, 0.2) is 17.3 Å². The van der Waals surface area contributed by atoms with Crippen molar-refractivity contribution in [3.8, 4) is 17.6 Å². The van der Waals surface area contributed by atoms with Crippen LogP contribution < -0.4 is 15.2 Å². The molecular weight excluding hydrogens is 440 g/mol. The highest BCUT2D eigenvalue weighted by atomic mass is 35.5.